The monoisotopic (exact) mass is 362 g/mol. The second kappa shape index (κ2) is 7.33. The molecule has 6 heteroatoms. The van der Waals surface area contributed by atoms with Gasteiger partial charge in [-0.25, -0.2) is 0 Å². The molecule has 1 aromatic heterocycles. The zero-order valence-electron chi connectivity index (χ0n) is 9.29. The average Bonchev–Trinajstić information content (AvgIpc) is 2.82. The first-order valence-electron chi connectivity index (χ1n) is 4.79. The molecule has 17 heavy (non-hydrogen) atoms. The molecule has 1 amide bonds. The van der Waals surface area contributed by atoms with Crippen molar-refractivity contribution in [1.82, 2.24) is 5.32 Å². The van der Waals surface area contributed by atoms with Crippen molar-refractivity contribution in [2.75, 3.05) is 11.5 Å². The number of hydrogen-bond acceptors (Lipinski definition) is 4. The van der Waals surface area contributed by atoms with E-state index in [4.69, 9.17) is 10.8 Å². The molecule has 1 heterocycles. The summed E-state index contributed by atoms with van der Waals surface area (Å²) in [5.41, 5.74) is 0.279. The van der Waals surface area contributed by atoms with Gasteiger partial charge < -0.3 is 0 Å². The van der Waals surface area contributed by atoms with Crippen molar-refractivity contribution in [3.05, 3.63) is 32.0 Å². The van der Waals surface area contributed by atoms with Crippen LogP contribution in [-0.2, 0) is 0 Å². The molecule has 0 unspecified atom stereocenters. The first kappa shape index (κ1) is 14.0. The summed E-state index contributed by atoms with van der Waals surface area (Å²) in [6.07, 6.45) is 4.05. The van der Waals surface area contributed by atoms with Crippen LogP contribution in [0, 0.1) is 13.7 Å². The van der Waals surface area contributed by atoms with Gasteiger partial charge >= 0.3 is 115 Å². The quantitative estimate of drug-likeness (QED) is 0.325. The Kier molecular flexibility index (Phi) is 6.06. The predicted molar refractivity (Wildman–Crippen MR) is 66.9 cm³/mol. The number of alkyl halides is 1. The van der Waals surface area contributed by atoms with Crippen LogP contribution in [0.3, 0.4) is 0 Å². The van der Waals surface area contributed by atoms with E-state index in [1.54, 1.807) is 0 Å². The number of amides is 1. The van der Waals surface area contributed by atoms with Gasteiger partial charge in [-0.15, -0.1) is 0 Å². The summed E-state index contributed by atoms with van der Waals surface area (Å²) < 4.78 is 1.28. The fourth-order valence-corrected chi connectivity index (χ4v) is 3.66. The molecule has 0 saturated heterocycles. The summed E-state index contributed by atoms with van der Waals surface area (Å²) in [7, 11) is 0. The van der Waals surface area contributed by atoms with Crippen molar-refractivity contribution in [1.29, 1.82) is 10.8 Å². The topological polar surface area (TPSA) is 76.8 Å². The molecule has 0 bridgehead atoms. The van der Waals surface area contributed by atoms with Crippen molar-refractivity contribution in [3.8, 4) is 0 Å². The van der Waals surface area contributed by atoms with E-state index in [0.717, 1.165) is 6.21 Å². The summed E-state index contributed by atoms with van der Waals surface area (Å²) in [6, 6.07) is 3.82. The van der Waals surface area contributed by atoms with Crippen LogP contribution in [0.4, 0.5) is 0 Å². The minimum atomic E-state index is -0.133. The zero-order chi connectivity index (χ0) is 12.7. The number of allylic oxidation sites excluding steroid dienone is 1. The third-order valence-corrected chi connectivity index (χ3v) is 5.81. The third kappa shape index (κ3) is 4.78. The Morgan fingerprint density at radius 1 is 1.59 bits per heavy atom. The Bertz CT molecular complexity index is 453. The number of carbonyl (C=O) groups excluding carboxylic acids is 1. The van der Waals surface area contributed by atoms with E-state index >= 15 is 0 Å². The Labute approximate surface area is 114 Å². The van der Waals surface area contributed by atoms with Gasteiger partial charge in [0.25, 0.3) is 0 Å². The fraction of sp³-hybridized carbons (Fsp3) is 0.182. The van der Waals surface area contributed by atoms with Gasteiger partial charge in [-0.3, -0.25) is 0 Å². The van der Waals surface area contributed by atoms with E-state index in [-0.39, 0.29) is 39.4 Å². The molecule has 3 N–H and O–H groups in total. The first-order valence-corrected chi connectivity index (χ1v) is 8.84. The molecule has 0 fully saturated rings. The van der Waals surface area contributed by atoms with Gasteiger partial charge in [-0.2, -0.15) is 0 Å². The molecule has 0 saturated carbocycles. The number of thiophene rings is 1. The van der Waals surface area contributed by atoms with E-state index < -0.39 is 0 Å². The Morgan fingerprint density at radius 3 is 2.94 bits per heavy atom. The summed E-state index contributed by atoms with van der Waals surface area (Å²) in [4.78, 5) is 14.6. The fourth-order valence-electron chi connectivity index (χ4n) is 1.02. The number of rotatable bonds is 6. The van der Waals surface area contributed by atoms with Gasteiger partial charge in [-0.05, 0) is 0 Å². The van der Waals surface area contributed by atoms with Gasteiger partial charge in [0.1, 0.15) is 0 Å². The number of carbonyl (C=O) groups is 1. The molecule has 0 aliphatic carbocycles. The maximum absolute atomic E-state index is 11.7. The normalized spacial score (nSPS) is 10.6. The molecule has 0 spiro atoms. The van der Waals surface area contributed by atoms with E-state index in [2.05, 4.69) is 10.2 Å². The second-order valence-electron chi connectivity index (χ2n) is 3.03. The molecule has 1 aromatic rings. The molecule has 0 aliphatic rings. The number of nitrogens with one attached hydrogen (secondary N) is 3. The van der Waals surface area contributed by atoms with Crippen molar-refractivity contribution in [3.63, 3.8) is 0 Å². The summed E-state index contributed by atoms with van der Waals surface area (Å²) in [5.74, 6) is -0.133. The Hall–Kier alpha value is -1.02. The number of hydrogen-bond donors (Lipinski definition) is 3. The number of halogens is 1. The molecular formula is C11H13IN3OS-. The van der Waals surface area contributed by atoms with Crippen molar-refractivity contribution < 1.29 is 26.0 Å². The van der Waals surface area contributed by atoms with Crippen LogP contribution in [0.15, 0.2) is 24.3 Å². The first-order chi connectivity index (χ1) is 8.17. The van der Waals surface area contributed by atoms with Crippen LogP contribution < -0.4 is 26.5 Å². The summed E-state index contributed by atoms with van der Waals surface area (Å²) in [6.45, 7) is 0.192. The molecule has 1 rings (SSSR count). The van der Waals surface area contributed by atoms with E-state index in [0.29, 0.717) is 4.88 Å². The Balaban J connectivity index is 2.47. The summed E-state index contributed by atoms with van der Waals surface area (Å²) in [5, 5.41) is 17.0. The van der Waals surface area contributed by atoms with E-state index in [1.165, 1.54) is 26.4 Å². The summed E-state index contributed by atoms with van der Waals surface area (Å²) >= 11 is 1.56. The molecule has 92 valence electrons. The predicted octanol–water partition coefficient (Wildman–Crippen LogP) is -1.41. The van der Waals surface area contributed by atoms with Crippen LogP contribution in [-0.4, -0.2) is 29.3 Å². The molecule has 4 nitrogen and oxygen atoms in total. The van der Waals surface area contributed by atoms with Crippen LogP contribution in [0.5, 0.6) is 0 Å². The molecule has 0 aliphatic heterocycles. The zero-order valence-corrected chi connectivity index (χ0v) is 12.3. The van der Waals surface area contributed by atoms with Crippen LogP contribution in [0.2, 0.25) is 0 Å². The van der Waals surface area contributed by atoms with Crippen molar-refractivity contribution in [2.24, 2.45) is 0 Å². The van der Waals surface area contributed by atoms with Gasteiger partial charge in [0, 0.05) is 0 Å². The van der Waals surface area contributed by atoms with Gasteiger partial charge in [0.05, 0.1) is 0 Å². The van der Waals surface area contributed by atoms with Crippen molar-refractivity contribution >= 4 is 29.2 Å². The third-order valence-electron chi connectivity index (χ3n) is 1.82. The second-order valence-corrected chi connectivity index (χ2v) is 7.08. The van der Waals surface area contributed by atoms with Crippen LogP contribution in [0.25, 0.3) is 0 Å². The maximum atomic E-state index is 11.7. The van der Waals surface area contributed by atoms with Crippen LogP contribution in [0.1, 0.15) is 9.67 Å². The van der Waals surface area contributed by atoms with E-state index in [1.807, 2.05) is 12.1 Å². The van der Waals surface area contributed by atoms with Gasteiger partial charge in [-0.1, -0.05) is 0 Å². The molecule has 0 radical (unpaired) electrons. The van der Waals surface area contributed by atoms with Crippen molar-refractivity contribution in [2.45, 2.75) is 0 Å². The van der Waals surface area contributed by atoms with Crippen LogP contribution >= 0.6 is 11.3 Å². The van der Waals surface area contributed by atoms with Gasteiger partial charge in [0.2, 0.25) is 0 Å². The molecular weight excluding hydrogens is 349 g/mol. The SMILES string of the molecule is C[I-]c1ccc(C(=O)NCC(=N)/C=C\C=N)s1. The molecule has 0 atom stereocenters. The standard InChI is InChI=1S/C11H13IN3OS/c1-12-10-5-4-9(17-10)11(16)15-7-8(14)3-2-6-13/h2-6,13-14H,7H2,1H3,(H,15,16)/q-1/b3-2-,13-6?,14-8?. The molecule has 0 aromatic carbocycles. The Morgan fingerprint density at radius 2 is 2.35 bits per heavy atom. The average molecular weight is 362 g/mol. The minimum absolute atomic E-state index is 0.0338. The van der Waals surface area contributed by atoms with Gasteiger partial charge in [0.15, 0.2) is 0 Å². The van der Waals surface area contributed by atoms with E-state index in [9.17, 15) is 4.79 Å².